The van der Waals surface area contributed by atoms with Gasteiger partial charge in [-0.25, -0.2) is 9.78 Å². The molecule has 0 aliphatic rings. The number of carboxylic acid groups (broad SMARTS) is 1. The topological polar surface area (TPSA) is 71.5 Å². The van der Waals surface area contributed by atoms with Crippen molar-refractivity contribution in [2.45, 2.75) is 32.7 Å². The molecule has 2 N–H and O–H groups in total. The van der Waals surface area contributed by atoms with E-state index in [1.54, 1.807) is 7.11 Å². The number of ether oxygens (including phenoxy) is 1. The third-order valence-corrected chi connectivity index (χ3v) is 3.47. The number of methoxy groups -OCH3 is 1. The summed E-state index contributed by atoms with van der Waals surface area (Å²) in [5.41, 5.74) is 0.943. The first kappa shape index (κ1) is 13.9. The van der Waals surface area contributed by atoms with Gasteiger partial charge in [-0.15, -0.1) is 11.3 Å². The maximum absolute atomic E-state index is 11.1. The van der Waals surface area contributed by atoms with Crippen LogP contribution in [0, 0.1) is 13.8 Å². The number of hydrogen-bond donors (Lipinski definition) is 2. The highest BCUT2D eigenvalue weighted by Crippen LogP contribution is 2.22. The number of aryl methyl sites for hydroxylation is 2. The molecule has 0 saturated heterocycles. The minimum absolute atomic E-state index is 0.529. The molecule has 17 heavy (non-hydrogen) atoms. The third-order valence-electron chi connectivity index (χ3n) is 2.47. The molecule has 1 atom stereocenters. The lowest BCUT2D eigenvalue weighted by Gasteiger charge is -2.12. The van der Waals surface area contributed by atoms with Gasteiger partial charge in [-0.05, 0) is 26.7 Å². The molecule has 1 aromatic rings. The van der Waals surface area contributed by atoms with E-state index in [0.717, 1.165) is 10.6 Å². The molecule has 0 aliphatic carbocycles. The standard InChI is InChI=1S/C11H18N2O3S/c1-7-8(2)17-11(12-7)13-9(10(14)15)5-4-6-16-3/h9H,4-6H2,1-3H3,(H,12,13)(H,14,15). The molecule has 0 fully saturated rings. The fraction of sp³-hybridized carbons (Fsp3) is 0.636. The predicted molar refractivity (Wildman–Crippen MR) is 67.7 cm³/mol. The van der Waals surface area contributed by atoms with Crippen LogP contribution in [0.25, 0.3) is 0 Å². The van der Waals surface area contributed by atoms with E-state index in [9.17, 15) is 4.79 Å². The molecule has 1 aromatic heterocycles. The Morgan fingerprint density at radius 1 is 1.59 bits per heavy atom. The highest BCUT2D eigenvalue weighted by molar-refractivity contribution is 7.15. The quantitative estimate of drug-likeness (QED) is 0.732. The second-order valence-corrected chi connectivity index (χ2v) is 5.03. The summed E-state index contributed by atoms with van der Waals surface area (Å²) in [6.07, 6.45) is 1.24. The molecule has 1 rings (SSSR count). The van der Waals surface area contributed by atoms with Crippen LogP contribution >= 0.6 is 11.3 Å². The first-order chi connectivity index (χ1) is 8.04. The third kappa shape index (κ3) is 4.32. The number of thiazole rings is 1. The Labute approximate surface area is 105 Å². The van der Waals surface area contributed by atoms with Gasteiger partial charge in [0.25, 0.3) is 0 Å². The number of carboxylic acids is 1. The number of nitrogens with one attached hydrogen (secondary N) is 1. The summed E-state index contributed by atoms with van der Waals surface area (Å²) in [4.78, 5) is 16.4. The Balaban J connectivity index is 2.57. The molecule has 0 amide bonds. The zero-order valence-corrected chi connectivity index (χ0v) is 11.1. The smallest absolute Gasteiger partial charge is 0.326 e. The van der Waals surface area contributed by atoms with Gasteiger partial charge < -0.3 is 15.2 Å². The van der Waals surface area contributed by atoms with E-state index in [1.807, 2.05) is 13.8 Å². The van der Waals surface area contributed by atoms with Gasteiger partial charge in [-0.3, -0.25) is 0 Å². The zero-order valence-electron chi connectivity index (χ0n) is 10.3. The Morgan fingerprint density at radius 2 is 2.29 bits per heavy atom. The van der Waals surface area contributed by atoms with Gasteiger partial charge in [-0.1, -0.05) is 0 Å². The first-order valence-electron chi connectivity index (χ1n) is 5.47. The van der Waals surface area contributed by atoms with E-state index < -0.39 is 12.0 Å². The molecule has 5 nitrogen and oxygen atoms in total. The van der Waals surface area contributed by atoms with Crippen molar-refractivity contribution in [2.24, 2.45) is 0 Å². The van der Waals surface area contributed by atoms with Crippen molar-refractivity contribution < 1.29 is 14.6 Å². The van der Waals surface area contributed by atoms with Crippen molar-refractivity contribution >= 4 is 22.4 Å². The van der Waals surface area contributed by atoms with E-state index in [4.69, 9.17) is 9.84 Å². The number of anilines is 1. The van der Waals surface area contributed by atoms with Crippen molar-refractivity contribution in [3.8, 4) is 0 Å². The van der Waals surface area contributed by atoms with E-state index in [-0.39, 0.29) is 0 Å². The van der Waals surface area contributed by atoms with Crippen LogP contribution < -0.4 is 5.32 Å². The largest absolute Gasteiger partial charge is 0.480 e. The Bertz CT molecular complexity index is 359. The lowest BCUT2D eigenvalue weighted by atomic mass is 10.1. The molecule has 0 radical (unpaired) electrons. The van der Waals surface area contributed by atoms with Gasteiger partial charge in [0, 0.05) is 18.6 Å². The summed E-state index contributed by atoms with van der Waals surface area (Å²) in [5, 5.41) is 12.7. The number of aliphatic carboxylic acids is 1. The molecule has 96 valence electrons. The second kappa shape index (κ2) is 6.56. The Hall–Kier alpha value is -1.14. The minimum atomic E-state index is -0.855. The molecule has 0 bridgehead atoms. The van der Waals surface area contributed by atoms with Crippen LogP contribution in [-0.4, -0.2) is 35.8 Å². The summed E-state index contributed by atoms with van der Waals surface area (Å²) in [5.74, 6) is -0.855. The van der Waals surface area contributed by atoms with Gasteiger partial charge in [0.15, 0.2) is 5.13 Å². The van der Waals surface area contributed by atoms with E-state index in [1.165, 1.54) is 11.3 Å². The minimum Gasteiger partial charge on any atom is -0.480 e. The van der Waals surface area contributed by atoms with Gasteiger partial charge >= 0.3 is 5.97 Å². The average molecular weight is 258 g/mol. The van der Waals surface area contributed by atoms with Crippen LogP contribution in [0.3, 0.4) is 0 Å². The number of carbonyl (C=O) groups is 1. The fourth-order valence-corrected chi connectivity index (χ4v) is 2.24. The molecule has 0 saturated carbocycles. The molecule has 0 spiro atoms. The summed E-state index contributed by atoms with van der Waals surface area (Å²) >= 11 is 1.48. The summed E-state index contributed by atoms with van der Waals surface area (Å²) < 4.78 is 4.91. The highest BCUT2D eigenvalue weighted by atomic mass is 32.1. The lowest BCUT2D eigenvalue weighted by Crippen LogP contribution is -2.29. The Kier molecular flexibility index (Phi) is 5.37. The first-order valence-corrected chi connectivity index (χ1v) is 6.28. The normalized spacial score (nSPS) is 12.4. The maximum atomic E-state index is 11.1. The number of nitrogens with zero attached hydrogens (tertiary/aromatic N) is 1. The molecular weight excluding hydrogens is 240 g/mol. The van der Waals surface area contributed by atoms with Gasteiger partial charge in [0.05, 0.1) is 5.69 Å². The predicted octanol–water partition coefficient (Wildman–Crippen LogP) is 2.05. The zero-order chi connectivity index (χ0) is 12.8. The SMILES string of the molecule is COCCCC(Nc1nc(C)c(C)s1)C(=O)O. The Morgan fingerprint density at radius 3 is 2.76 bits per heavy atom. The number of hydrogen-bond acceptors (Lipinski definition) is 5. The van der Waals surface area contributed by atoms with Crippen molar-refractivity contribution in [3.05, 3.63) is 10.6 Å². The van der Waals surface area contributed by atoms with Crippen molar-refractivity contribution in [1.29, 1.82) is 0 Å². The molecule has 0 aromatic carbocycles. The molecule has 1 unspecified atom stereocenters. The van der Waals surface area contributed by atoms with Gasteiger partial charge in [0.1, 0.15) is 6.04 Å². The van der Waals surface area contributed by atoms with Gasteiger partial charge in [0.2, 0.25) is 0 Å². The van der Waals surface area contributed by atoms with Crippen LogP contribution in [0.15, 0.2) is 0 Å². The lowest BCUT2D eigenvalue weighted by molar-refractivity contribution is -0.138. The summed E-state index contributed by atoms with van der Waals surface area (Å²) in [6.45, 7) is 4.46. The van der Waals surface area contributed by atoms with Gasteiger partial charge in [-0.2, -0.15) is 0 Å². The summed E-state index contributed by atoms with van der Waals surface area (Å²) in [7, 11) is 1.61. The van der Waals surface area contributed by atoms with Crippen LogP contribution in [-0.2, 0) is 9.53 Å². The second-order valence-electron chi connectivity index (χ2n) is 3.83. The van der Waals surface area contributed by atoms with Crippen LogP contribution in [0.2, 0.25) is 0 Å². The highest BCUT2D eigenvalue weighted by Gasteiger charge is 2.18. The molecular formula is C11H18N2O3S. The summed E-state index contributed by atoms with van der Waals surface area (Å²) in [6, 6.07) is -0.602. The number of aromatic nitrogens is 1. The van der Waals surface area contributed by atoms with Crippen LogP contribution in [0.5, 0.6) is 0 Å². The van der Waals surface area contributed by atoms with E-state index >= 15 is 0 Å². The van der Waals surface area contributed by atoms with Crippen LogP contribution in [0.4, 0.5) is 5.13 Å². The average Bonchev–Trinajstić information content (AvgIpc) is 2.57. The maximum Gasteiger partial charge on any atom is 0.326 e. The van der Waals surface area contributed by atoms with E-state index in [2.05, 4.69) is 10.3 Å². The van der Waals surface area contributed by atoms with Crippen molar-refractivity contribution in [1.82, 2.24) is 4.98 Å². The molecule has 6 heteroatoms. The fourth-order valence-electron chi connectivity index (χ4n) is 1.37. The van der Waals surface area contributed by atoms with Crippen LogP contribution in [0.1, 0.15) is 23.4 Å². The van der Waals surface area contributed by atoms with E-state index in [0.29, 0.717) is 24.6 Å². The van der Waals surface area contributed by atoms with Crippen molar-refractivity contribution in [3.63, 3.8) is 0 Å². The van der Waals surface area contributed by atoms with Crippen molar-refractivity contribution in [2.75, 3.05) is 19.0 Å². The molecule has 1 heterocycles. The number of rotatable bonds is 7. The monoisotopic (exact) mass is 258 g/mol. The molecule has 0 aliphatic heterocycles.